The number of nitrogens with two attached hydrogens (primary N) is 1. The standard InChI is InChI=1S/C13H19NO2/c1-13(2)15-9-12(16-13)11-5-3-10(4-6-11)7-8-14/h3-6,12H,7-9,14H2,1-2H3. The molecule has 1 unspecified atom stereocenters. The summed E-state index contributed by atoms with van der Waals surface area (Å²) in [6.45, 7) is 5.20. The third-order valence-corrected chi connectivity index (χ3v) is 2.79. The molecule has 1 aromatic rings. The molecule has 1 aliphatic rings. The van der Waals surface area contributed by atoms with Gasteiger partial charge in [-0.3, -0.25) is 0 Å². The zero-order valence-corrected chi connectivity index (χ0v) is 9.90. The van der Waals surface area contributed by atoms with Gasteiger partial charge in [-0.1, -0.05) is 24.3 Å². The molecule has 1 heterocycles. The summed E-state index contributed by atoms with van der Waals surface area (Å²) in [6, 6.07) is 8.41. The second-order valence-electron chi connectivity index (χ2n) is 4.60. The van der Waals surface area contributed by atoms with Gasteiger partial charge in [0.1, 0.15) is 6.10 Å². The highest BCUT2D eigenvalue weighted by Crippen LogP contribution is 2.32. The predicted molar refractivity (Wildman–Crippen MR) is 63.1 cm³/mol. The van der Waals surface area contributed by atoms with Gasteiger partial charge in [-0.15, -0.1) is 0 Å². The summed E-state index contributed by atoms with van der Waals surface area (Å²) in [7, 11) is 0. The Hall–Kier alpha value is -0.900. The summed E-state index contributed by atoms with van der Waals surface area (Å²) in [5, 5.41) is 0. The van der Waals surface area contributed by atoms with E-state index in [2.05, 4.69) is 24.3 Å². The molecule has 0 amide bonds. The summed E-state index contributed by atoms with van der Waals surface area (Å²) in [5.41, 5.74) is 7.95. The van der Waals surface area contributed by atoms with Crippen molar-refractivity contribution in [2.75, 3.05) is 13.2 Å². The molecule has 0 radical (unpaired) electrons. The highest BCUT2D eigenvalue weighted by molar-refractivity contribution is 5.25. The Morgan fingerprint density at radius 3 is 2.50 bits per heavy atom. The molecule has 1 atom stereocenters. The molecule has 16 heavy (non-hydrogen) atoms. The molecule has 3 heteroatoms. The smallest absolute Gasteiger partial charge is 0.163 e. The molecule has 0 saturated carbocycles. The van der Waals surface area contributed by atoms with Crippen molar-refractivity contribution in [1.82, 2.24) is 0 Å². The van der Waals surface area contributed by atoms with Gasteiger partial charge in [0.15, 0.2) is 5.79 Å². The van der Waals surface area contributed by atoms with E-state index < -0.39 is 5.79 Å². The van der Waals surface area contributed by atoms with E-state index in [0.29, 0.717) is 13.2 Å². The first-order valence-electron chi connectivity index (χ1n) is 5.71. The van der Waals surface area contributed by atoms with E-state index in [0.717, 1.165) is 6.42 Å². The van der Waals surface area contributed by atoms with Gasteiger partial charge in [-0.25, -0.2) is 0 Å². The van der Waals surface area contributed by atoms with E-state index in [1.54, 1.807) is 0 Å². The maximum Gasteiger partial charge on any atom is 0.163 e. The number of benzene rings is 1. The minimum Gasteiger partial charge on any atom is -0.347 e. The lowest BCUT2D eigenvalue weighted by Crippen LogP contribution is -2.19. The second-order valence-corrected chi connectivity index (χ2v) is 4.60. The van der Waals surface area contributed by atoms with E-state index >= 15 is 0 Å². The van der Waals surface area contributed by atoms with Crippen LogP contribution < -0.4 is 5.73 Å². The quantitative estimate of drug-likeness (QED) is 0.849. The highest BCUT2D eigenvalue weighted by atomic mass is 16.7. The van der Waals surface area contributed by atoms with Crippen LogP contribution in [0.15, 0.2) is 24.3 Å². The Morgan fingerprint density at radius 2 is 2.00 bits per heavy atom. The lowest BCUT2D eigenvalue weighted by molar-refractivity contribution is -0.139. The van der Waals surface area contributed by atoms with Gasteiger partial charge in [0.05, 0.1) is 6.61 Å². The van der Waals surface area contributed by atoms with Crippen LogP contribution in [0.2, 0.25) is 0 Å². The van der Waals surface area contributed by atoms with E-state index in [1.807, 2.05) is 13.8 Å². The monoisotopic (exact) mass is 221 g/mol. The molecular formula is C13H19NO2. The Morgan fingerprint density at radius 1 is 1.31 bits per heavy atom. The van der Waals surface area contributed by atoms with Crippen molar-refractivity contribution in [3.8, 4) is 0 Å². The Bertz CT molecular complexity index is 345. The molecule has 1 saturated heterocycles. The van der Waals surface area contributed by atoms with E-state index in [-0.39, 0.29) is 6.10 Å². The highest BCUT2D eigenvalue weighted by Gasteiger charge is 2.33. The second kappa shape index (κ2) is 4.53. The Kier molecular flexibility index (Phi) is 3.28. The Balaban J connectivity index is 2.05. The summed E-state index contributed by atoms with van der Waals surface area (Å²) in [4.78, 5) is 0. The van der Waals surface area contributed by atoms with Crippen molar-refractivity contribution in [1.29, 1.82) is 0 Å². The van der Waals surface area contributed by atoms with Crippen molar-refractivity contribution in [2.24, 2.45) is 5.73 Å². The molecule has 2 N–H and O–H groups in total. The molecule has 0 bridgehead atoms. The molecule has 2 rings (SSSR count). The molecule has 3 nitrogen and oxygen atoms in total. The molecule has 1 aliphatic heterocycles. The zero-order valence-electron chi connectivity index (χ0n) is 9.90. The molecule has 88 valence electrons. The van der Waals surface area contributed by atoms with Crippen LogP contribution in [-0.4, -0.2) is 18.9 Å². The van der Waals surface area contributed by atoms with Gasteiger partial charge in [0, 0.05) is 0 Å². The first-order chi connectivity index (χ1) is 7.61. The van der Waals surface area contributed by atoms with Crippen LogP contribution in [0.25, 0.3) is 0 Å². The van der Waals surface area contributed by atoms with Crippen molar-refractivity contribution in [3.63, 3.8) is 0 Å². The van der Waals surface area contributed by atoms with Gasteiger partial charge in [0.25, 0.3) is 0 Å². The molecule has 1 fully saturated rings. The average molecular weight is 221 g/mol. The number of ether oxygens (including phenoxy) is 2. The number of rotatable bonds is 3. The summed E-state index contributed by atoms with van der Waals surface area (Å²) in [6.07, 6.45) is 0.982. The first-order valence-corrected chi connectivity index (χ1v) is 5.71. The van der Waals surface area contributed by atoms with E-state index in [9.17, 15) is 0 Å². The van der Waals surface area contributed by atoms with E-state index in [1.165, 1.54) is 11.1 Å². The molecule has 1 aromatic carbocycles. The topological polar surface area (TPSA) is 44.5 Å². The van der Waals surface area contributed by atoms with Crippen LogP contribution in [0.1, 0.15) is 31.1 Å². The van der Waals surface area contributed by atoms with Crippen molar-refractivity contribution < 1.29 is 9.47 Å². The summed E-state index contributed by atoms with van der Waals surface area (Å²) >= 11 is 0. The molecule has 0 aliphatic carbocycles. The lowest BCUT2D eigenvalue weighted by Gasteiger charge is -2.17. The van der Waals surface area contributed by atoms with Crippen LogP contribution in [-0.2, 0) is 15.9 Å². The zero-order chi connectivity index (χ0) is 11.6. The SMILES string of the molecule is CC1(C)OCC(c2ccc(CCN)cc2)O1. The van der Waals surface area contributed by atoms with Gasteiger partial charge < -0.3 is 15.2 Å². The van der Waals surface area contributed by atoms with Gasteiger partial charge >= 0.3 is 0 Å². The van der Waals surface area contributed by atoms with Crippen LogP contribution in [0.3, 0.4) is 0 Å². The van der Waals surface area contributed by atoms with Crippen LogP contribution >= 0.6 is 0 Å². The minimum absolute atomic E-state index is 0.0573. The van der Waals surface area contributed by atoms with E-state index in [4.69, 9.17) is 15.2 Å². The summed E-state index contributed by atoms with van der Waals surface area (Å²) < 4.78 is 11.3. The number of hydrogen-bond acceptors (Lipinski definition) is 3. The normalized spacial score (nSPS) is 23.6. The predicted octanol–water partition coefficient (Wildman–Crippen LogP) is 2.01. The first kappa shape index (κ1) is 11.6. The van der Waals surface area contributed by atoms with Gasteiger partial charge in [0.2, 0.25) is 0 Å². The molecule has 0 aromatic heterocycles. The summed E-state index contributed by atoms with van der Waals surface area (Å²) in [5.74, 6) is -0.458. The molecular weight excluding hydrogens is 202 g/mol. The Labute approximate surface area is 96.5 Å². The fourth-order valence-corrected chi connectivity index (χ4v) is 1.92. The average Bonchev–Trinajstić information content (AvgIpc) is 2.61. The van der Waals surface area contributed by atoms with Gasteiger partial charge in [-0.05, 0) is 37.9 Å². The third-order valence-electron chi connectivity index (χ3n) is 2.79. The fraction of sp³-hybridized carbons (Fsp3) is 0.538. The van der Waals surface area contributed by atoms with Crippen LogP contribution in [0.5, 0.6) is 0 Å². The van der Waals surface area contributed by atoms with Crippen molar-refractivity contribution >= 4 is 0 Å². The number of hydrogen-bond donors (Lipinski definition) is 1. The fourth-order valence-electron chi connectivity index (χ4n) is 1.92. The van der Waals surface area contributed by atoms with Crippen molar-refractivity contribution in [2.45, 2.75) is 32.2 Å². The maximum absolute atomic E-state index is 5.79. The lowest BCUT2D eigenvalue weighted by atomic mass is 10.1. The van der Waals surface area contributed by atoms with Crippen LogP contribution in [0, 0.1) is 0 Å². The minimum atomic E-state index is -0.458. The maximum atomic E-state index is 5.79. The largest absolute Gasteiger partial charge is 0.347 e. The molecule has 0 spiro atoms. The third kappa shape index (κ3) is 2.61. The van der Waals surface area contributed by atoms with Crippen LogP contribution in [0.4, 0.5) is 0 Å². The van der Waals surface area contributed by atoms with Gasteiger partial charge in [-0.2, -0.15) is 0 Å². The van der Waals surface area contributed by atoms with Crippen molar-refractivity contribution in [3.05, 3.63) is 35.4 Å².